The Morgan fingerprint density at radius 1 is 1.29 bits per heavy atom. The summed E-state index contributed by atoms with van der Waals surface area (Å²) >= 11 is 0. The first-order valence-electron chi connectivity index (χ1n) is 6.76. The Morgan fingerprint density at radius 2 is 1.90 bits per heavy atom. The highest BCUT2D eigenvalue weighted by atomic mass is 19.4. The minimum atomic E-state index is -4.42. The highest BCUT2D eigenvalue weighted by molar-refractivity contribution is 5.90. The van der Waals surface area contributed by atoms with Crippen molar-refractivity contribution in [2.45, 2.75) is 32.1 Å². The SMILES string of the molecule is CC1CNCC(C)N1C(=O)Nc1cccc(C(F)(F)F)c1. The number of anilines is 1. The molecule has 116 valence electrons. The maximum absolute atomic E-state index is 12.7. The Hall–Kier alpha value is -1.76. The lowest BCUT2D eigenvalue weighted by Gasteiger charge is -2.39. The van der Waals surface area contributed by atoms with Crippen LogP contribution >= 0.6 is 0 Å². The zero-order valence-corrected chi connectivity index (χ0v) is 11.9. The van der Waals surface area contributed by atoms with Gasteiger partial charge in [-0.25, -0.2) is 4.79 Å². The second-order valence-electron chi connectivity index (χ2n) is 5.27. The van der Waals surface area contributed by atoms with E-state index in [1.54, 1.807) is 4.90 Å². The fourth-order valence-electron chi connectivity index (χ4n) is 2.49. The first kappa shape index (κ1) is 15.6. The first-order valence-corrected chi connectivity index (χ1v) is 6.76. The molecule has 1 heterocycles. The summed E-state index contributed by atoms with van der Waals surface area (Å²) in [6.07, 6.45) is -4.42. The number of carbonyl (C=O) groups is 1. The molecule has 1 aromatic carbocycles. The Kier molecular flexibility index (Phi) is 4.41. The largest absolute Gasteiger partial charge is 0.416 e. The van der Waals surface area contributed by atoms with Crippen molar-refractivity contribution >= 4 is 11.7 Å². The van der Waals surface area contributed by atoms with Gasteiger partial charge in [0.2, 0.25) is 0 Å². The monoisotopic (exact) mass is 301 g/mol. The summed E-state index contributed by atoms with van der Waals surface area (Å²) in [4.78, 5) is 13.9. The van der Waals surface area contributed by atoms with E-state index in [2.05, 4.69) is 10.6 Å². The van der Waals surface area contributed by atoms with Gasteiger partial charge in [-0.05, 0) is 32.0 Å². The molecule has 1 saturated heterocycles. The molecule has 0 spiro atoms. The van der Waals surface area contributed by atoms with Gasteiger partial charge in [0.1, 0.15) is 0 Å². The number of alkyl halides is 3. The van der Waals surface area contributed by atoms with Gasteiger partial charge < -0.3 is 15.5 Å². The van der Waals surface area contributed by atoms with E-state index in [1.807, 2.05) is 13.8 Å². The van der Waals surface area contributed by atoms with Crippen LogP contribution in [0.5, 0.6) is 0 Å². The van der Waals surface area contributed by atoms with E-state index in [0.717, 1.165) is 12.1 Å². The molecule has 0 aliphatic carbocycles. The van der Waals surface area contributed by atoms with Crippen LogP contribution in [0.25, 0.3) is 0 Å². The Labute approximate surface area is 121 Å². The van der Waals surface area contributed by atoms with Crippen LogP contribution < -0.4 is 10.6 Å². The van der Waals surface area contributed by atoms with Crippen LogP contribution in [0.4, 0.5) is 23.7 Å². The van der Waals surface area contributed by atoms with Crippen molar-refractivity contribution < 1.29 is 18.0 Å². The number of amides is 2. The predicted octanol–water partition coefficient (Wildman–Crippen LogP) is 2.92. The molecule has 2 atom stereocenters. The van der Waals surface area contributed by atoms with E-state index in [9.17, 15) is 18.0 Å². The van der Waals surface area contributed by atoms with Crippen LogP contribution in [0.15, 0.2) is 24.3 Å². The van der Waals surface area contributed by atoms with Crippen LogP contribution in [0, 0.1) is 0 Å². The third-order valence-corrected chi connectivity index (χ3v) is 3.50. The molecule has 2 unspecified atom stereocenters. The van der Waals surface area contributed by atoms with Crippen molar-refractivity contribution in [1.82, 2.24) is 10.2 Å². The van der Waals surface area contributed by atoms with Gasteiger partial charge in [0.05, 0.1) is 5.56 Å². The summed E-state index contributed by atoms with van der Waals surface area (Å²) < 4.78 is 38.0. The van der Waals surface area contributed by atoms with Gasteiger partial charge in [0.25, 0.3) is 0 Å². The molecule has 1 aliphatic heterocycles. The summed E-state index contributed by atoms with van der Waals surface area (Å²) in [7, 11) is 0. The van der Waals surface area contributed by atoms with Crippen LogP contribution in [0.3, 0.4) is 0 Å². The van der Waals surface area contributed by atoms with Crippen molar-refractivity contribution in [2.24, 2.45) is 0 Å². The number of carbonyl (C=O) groups excluding carboxylic acids is 1. The van der Waals surface area contributed by atoms with Gasteiger partial charge in [0.15, 0.2) is 0 Å². The molecule has 0 radical (unpaired) electrons. The van der Waals surface area contributed by atoms with Crippen molar-refractivity contribution in [2.75, 3.05) is 18.4 Å². The van der Waals surface area contributed by atoms with Gasteiger partial charge in [0, 0.05) is 30.9 Å². The molecular weight excluding hydrogens is 283 g/mol. The number of hydrogen-bond acceptors (Lipinski definition) is 2. The average molecular weight is 301 g/mol. The maximum Gasteiger partial charge on any atom is 0.416 e. The number of urea groups is 1. The topological polar surface area (TPSA) is 44.4 Å². The molecule has 0 bridgehead atoms. The van der Waals surface area contributed by atoms with Crippen molar-refractivity contribution in [3.8, 4) is 0 Å². The molecule has 0 saturated carbocycles. The second kappa shape index (κ2) is 5.93. The number of rotatable bonds is 1. The Bertz CT molecular complexity index is 508. The molecular formula is C14H18F3N3O. The molecule has 1 fully saturated rings. The zero-order valence-electron chi connectivity index (χ0n) is 11.9. The first-order chi connectivity index (χ1) is 9.79. The van der Waals surface area contributed by atoms with Gasteiger partial charge in [-0.2, -0.15) is 13.2 Å². The quantitative estimate of drug-likeness (QED) is 0.837. The molecule has 2 amide bonds. The lowest BCUT2D eigenvalue weighted by molar-refractivity contribution is -0.137. The fraction of sp³-hybridized carbons (Fsp3) is 0.500. The highest BCUT2D eigenvalue weighted by Gasteiger charge is 2.31. The van der Waals surface area contributed by atoms with E-state index in [4.69, 9.17) is 0 Å². The molecule has 7 heteroatoms. The second-order valence-corrected chi connectivity index (χ2v) is 5.27. The van der Waals surface area contributed by atoms with Gasteiger partial charge in [-0.3, -0.25) is 0 Å². The normalized spacial score (nSPS) is 23.0. The third kappa shape index (κ3) is 3.66. The van der Waals surface area contributed by atoms with Crippen molar-refractivity contribution in [1.29, 1.82) is 0 Å². The molecule has 2 rings (SSSR count). The maximum atomic E-state index is 12.7. The molecule has 0 aromatic heterocycles. The van der Waals surface area contributed by atoms with E-state index in [-0.39, 0.29) is 23.8 Å². The average Bonchev–Trinajstić information content (AvgIpc) is 2.37. The smallest absolute Gasteiger partial charge is 0.317 e. The third-order valence-electron chi connectivity index (χ3n) is 3.50. The summed E-state index contributed by atoms with van der Waals surface area (Å²) in [6, 6.07) is 4.24. The van der Waals surface area contributed by atoms with E-state index >= 15 is 0 Å². The number of piperazine rings is 1. The van der Waals surface area contributed by atoms with E-state index < -0.39 is 11.7 Å². The number of nitrogens with zero attached hydrogens (tertiary/aromatic N) is 1. The Balaban J connectivity index is 2.12. The van der Waals surface area contributed by atoms with Gasteiger partial charge in [-0.1, -0.05) is 6.07 Å². The van der Waals surface area contributed by atoms with Gasteiger partial charge >= 0.3 is 12.2 Å². The summed E-state index contributed by atoms with van der Waals surface area (Å²) in [5, 5.41) is 5.74. The summed E-state index contributed by atoms with van der Waals surface area (Å²) in [6.45, 7) is 5.13. The minimum Gasteiger partial charge on any atom is -0.317 e. The number of nitrogens with one attached hydrogen (secondary N) is 2. The minimum absolute atomic E-state index is 0.0143. The molecule has 4 nitrogen and oxygen atoms in total. The Morgan fingerprint density at radius 3 is 2.48 bits per heavy atom. The molecule has 21 heavy (non-hydrogen) atoms. The van der Waals surface area contributed by atoms with Crippen LogP contribution in [-0.2, 0) is 6.18 Å². The van der Waals surface area contributed by atoms with E-state index in [1.165, 1.54) is 12.1 Å². The van der Waals surface area contributed by atoms with Gasteiger partial charge in [-0.15, -0.1) is 0 Å². The molecule has 1 aliphatic rings. The summed E-state index contributed by atoms with van der Waals surface area (Å²) in [5.41, 5.74) is -0.630. The highest BCUT2D eigenvalue weighted by Crippen LogP contribution is 2.30. The van der Waals surface area contributed by atoms with Crippen molar-refractivity contribution in [3.63, 3.8) is 0 Å². The standard InChI is InChI=1S/C14H18F3N3O/c1-9-7-18-8-10(2)20(9)13(21)19-12-5-3-4-11(6-12)14(15,16)17/h3-6,9-10,18H,7-8H2,1-2H3,(H,19,21). The predicted molar refractivity (Wildman–Crippen MR) is 74.1 cm³/mol. The fourth-order valence-corrected chi connectivity index (χ4v) is 2.49. The molecule has 1 aromatic rings. The van der Waals surface area contributed by atoms with Crippen LogP contribution in [0.2, 0.25) is 0 Å². The summed E-state index contributed by atoms with van der Waals surface area (Å²) in [5.74, 6) is 0. The van der Waals surface area contributed by atoms with E-state index in [0.29, 0.717) is 13.1 Å². The number of hydrogen-bond donors (Lipinski definition) is 2. The number of benzene rings is 1. The molecule has 2 N–H and O–H groups in total. The van der Waals surface area contributed by atoms with Crippen LogP contribution in [-0.4, -0.2) is 36.1 Å². The lowest BCUT2D eigenvalue weighted by atomic mass is 10.1. The zero-order chi connectivity index (χ0) is 15.6. The van der Waals surface area contributed by atoms with Crippen LogP contribution in [0.1, 0.15) is 19.4 Å². The lowest BCUT2D eigenvalue weighted by Crippen LogP contribution is -2.58. The number of halogens is 3. The van der Waals surface area contributed by atoms with Crippen molar-refractivity contribution in [3.05, 3.63) is 29.8 Å².